The minimum atomic E-state index is -1.75. The van der Waals surface area contributed by atoms with Gasteiger partial charge in [-0.15, -0.1) is 0 Å². The van der Waals surface area contributed by atoms with Gasteiger partial charge in [-0.25, -0.2) is 0 Å². The Bertz CT molecular complexity index is 16.0. The SMILES string of the molecule is O.O.O.O.[Na+].[O]=[Al][O-]. The summed E-state index contributed by atoms with van der Waals surface area (Å²) in [4.78, 5) is 0. The van der Waals surface area contributed by atoms with Crippen LogP contribution in [0.4, 0.5) is 0 Å². The molecule has 0 saturated heterocycles. The van der Waals surface area contributed by atoms with Crippen molar-refractivity contribution >= 4 is 15.5 Å². The quantitative estimate of drug-likeness (QED) is 0.316. The molecule has 6 nitrogen and oxygen atoms in total. The molecular weight excluding hydrogens is 146 g/mol. The van der Waals surface area contributed by atoms with E-state index in [0.29, 0.717) is 0 Å². The fraction of sp³-hybridized carbons (Fsp3) is 0. The molecule has 48 valence electrons. The Morgan fingerprint density at radius 3 is 1.00 bits per heavy atom. The van der Waals surface area contributed by atoms with Gasteiger partial charge in [0.05, 0.1) is 0 Å². The molecule has 0 bridgehead atoms. The van der Waals surface area contributed by atoms with Gasteiger partial charge in [0, 0.05) is 0 Å². The van der Waals surface area contributed by atoms with E-state index in [1.54, 1.807) is 0 Å². The Labute approximate surface area is 74.7 Å². The van der Waals surface area contributed by atoms with Crippen LogP contribution in [0.3, 0.4) is 0 Å². The standard InChI is InChI=1S/Al.Na.4H2O.2O/h;;4*1H2;;/q;+1;;;;;;-1. The van der Waals surface area contributed by atoms with Gasteiger partial charge < -0.3 is 21.9 Å². The van der Waals surface area contributed by atoms with E-state index < -0.39 is 15.5 Å². The van der Waals surface area contributed by atoms with Crippen LogP contribution in [0, 0.1) is 0 Å². The van der Waals surface area contributed by atoms with Crippen molar-refractivity contribution in [3.8, 4) is 0 Å². The van der Waals surface area contributed by atoms with Crippen molar-refractivity contribution in [2.24, 2.45) is 0 Å². The first kappa shape index (κ1) is 64.5. The summed E-state index contributed by atoms with van der Waals surface area (Å²) in [6.07, 6.45) is 0. The van der Waals surface area contributed by atoms with Crippen LogP contribution in [0.2, 0.25) is 0 Å². The minimum absolute atomic E-state index is 0. The molecular formula is H8AlNaO6. The predicted molar refractivity (Wildman–Crippen MR) is 20.9 cm³/mol. The summed E-state index contributed by atoms with van der Waals surface area (Å²) >= 11 is -1.75. The first-order valence-electron chi connectivity index (χ1n) is 0.471. The van der Waals surface area contributed by atoms with Crippen molar-refractivity contribution in [2.45, 2.75) is 0 Å². The van der Waals surface area contributed by atoms with Crippen molar-refractivity contribution in [3.05, 3.63) is 0 Å². The van der Waals surface area contributed by atoms with Crippen LogP contribution in [0.1, 0.15) is 0 Å². The third-order valence-electron chi connectivity index (χ3n) is 0. The Balaban J connectivity index is -0.00000000200. The first-order chi connectivity index (χ1) is 1.41. The Morgan fingerprint density at radius 1 is 1.00 bits per heavy atom. The van der Waals surface area contributed by atoms with Crippen LogP contribution < -0.4 is 33.7 Å². The van der Waals surface area contributed by atoms with Gasteiger partial charge in [0.15, 0.2) is 0 Å². The molecule has 0 radical (unpaired) electrons. The summed E-state index contributed by atoms with van der Waals surface area (Å²) in [5, 5.41) is 0. The number of hydrogen-bond donors (Lipinski definition) is 0. The summed E-state index contributed by atoms with van der Waals surface area (Å²) in [5.41, 5.74) is 0. The maximum absolute atomic E-state index is 8.46. The normalized spacial score (nSPS) is 1.00. The third-order valence-corrected chi connectivity index (χ3v) is 0. The molecule has 0 amide bonds. The van der Waals surface area contributed by atoms with Gasteiger partial charge in [0.1, 0.15) is 0 Å². The molecule has 0 heterocycles. The van der Waals surface area contributed by atoms with Gasteiger partial charge >= 0.3 is 53.0 Å². The molecule has 0 saturated carbocycles. The van der Waals surface area contributed by atoms with E-state index in [2.05, 4.69) is 0 Å². The van der Waals surface area contributed by atoms with Gasteiger partial charge in [0.2, 0.25) is 0 Å². The molecule has 8 heteroatoms. The second-order valence-electron chi connectivity index (χ2n) is 0.0962. The fourth-order valence-electron chi connectivity index (χ4n) is 0. The van der Waals surface area contributed by atoms with Crippen molar-refractivity contribution in [3.63, 3.8) is 0 Å². The van der Waals surface area contributed by atoms with E-state index in [-0.39, 0.29) is 51.5 Å². The Hall–Kier alpha value is 0.972. The summed E-state index contributed by atoms with van der Waals surface area (Å²) in [5.74, 6) is 0. The van der Waals surface area contributed by atoms with E-state index in [1.807, 2.05) is 0 Å². The molecule has 0 aliphatic carbocycles. The zero-order valence-corrected chi connectivity index (χ0v) is 7.55. The van der Waals surface area contributed by atoms with E-state index in [4.69, 9.17) is 7.96 Å². The average Bonchev–Trinajstić information content (AvgIpc) is 0.918. The molecule has 8 heavy (non-hydrogen) atoms. The fourth-order valence-corrected chi connectivity index (χ4v) is 0. The van der Waals surface area contributed by atoms with Crippen molar-refractivity contribution in [1.29, 1.82) is 0 Å². The number of hydrogen-bond acceptors (Lipinski definition) is 2. The van der Waals surface area contributed by atoms with Crippen LogP contribution in [0.25, 0.3) is 0 Å². The van der Waals surface area contributed by atoms with Crippen LogP contribution in [0.5, 0.6) is 0 Å². The molecule has 0 fully saturated rings. The summed E-state index contributed by atoms with van der Waals surface area (Å²) in [6, 6.07) is 0. The van der Waals surface area contributed by atoms with Crippen LogP contribution in [-0.4, -0.2) is 37.4 Å². The molecule has 0 atom stereocenters. The summed E-state index contributed by atoms with van der Waals surface area (Å²) in [7, 11) is 0. The van der Waals surface area contributed by atoms with E-state index >= 15 is 0 Å². The maximum atomic E-state index is 8.46. The van der Waals surface area contributed by atoms with E-state index in [0.717, 1.165) is 0 Å². The summed E-state index contributed by atoms with van der Waals surface area (Å²) in [6.45, 7) is 0. The van der Waals surface area contributed by atoms with Crippen LogP contribution in [-0.2, 0) is 3.80 Å². The van der Waals surface area contributed by atoms with Crippen molar-refractivity contribution in [2.75, 3.05) is 0 Å². The van der Waals surface area contributed by atoms with Gasteiger partial charge in [-0.05, 0) is 0 Å². The van der Waals surface area contributed by atoms with Gasteiger partial charge in [-0.2, -0.15) is 0 Å². The first-order valence-corrected chi connectivity index (χ1v) is 1.41. The second kappa shape index (κ2) is 99.6. The van der Waals surface area contributed by atoms with Gasteiger partial charge in [0.25, 0.3) is 0 Å². The molecule has 0 aromatic rings. The molecule has 0 aliphatic heterocycles. The average molecular weight is 154 g/mol. The number of rotatable bonds is 0. The van der Waals surface area contributed by atoms with E-state index in [9.17, 15) is 0 Å². The molecule has 0 spiro atoms. The Morgan fingerprint density at radius 2 is 1.00 bits per heavy atom. The van der Waals surface area contributed by atoms with Gasteiger partial charge in [-0.3, -0.25) is 0 Å². The van der Waals surface area contributed by atoms with Crippen molar-refractivity contribution in [1.82, 2.24) is 0 Å². The topological polar surface area (TPSA) is 166 Å². The van der Waals surface area contributed by atoms with Crippen LogP contribution >= 0.6 is 0 Å². The Kier molecular flexibility index (Phi) is 804. The monoisotopic (exact) mass is 154 g/mol. The molecule has 0 aliphatic rings. The van der Waals surface area contributed by atoms with E-state index in [1.165, 1.54) is 0 Å². The molecule has 0 aromatic heterocycles. The molecule has 8 N–H and O–H groups in total. The molecule has 0 rings (SSSR count). The predicted octanol–water partition coefficient (Wildman–Crippen LogP) is -7.98. The zero-order valence-electron chi connectivity index (χ0n) is 4.39. The summed E-state index contributed by atoms with van der Waals surface area (Å²) < 4.78 is 16.9. The molecule has 0 unspecified atom stereocenters. The van der Waals surface area contributed by atoms with Crippen molar-refractivity contribution < 1.29 is 59.4 Å². The third kappa shape index (κ3) is 263. The molecule has 0 aromatic carbocycles. The van der Waals surface area contributed by atoms with Gasteiger partial charge in [-0.1, -0.05) is 0 Å². The zero-order chi connectivity index (χ0) is 2.71. The van der Waals surface area contributed by atoms with Crippen LogP contribution in [0.15, 0.2) is 0 Å². The second-order valence-corrected chi connectivity index (χ2v) is 0.289.